The number of nitro benzene ring substituents is 1. The summed E-state index contributed by atoms with van der Waals surface area (Å²) in [6, 6.07) is 4.67. The van der Waals surface area contributed by atoms with Crippen LogP contribution in [0.3, 0.4) is 0 Å². The Morgan fingerprint density at radius 2 is 2.29 bits per heavy atom. The SMILES string of the molecule is Cc1cc([N+](=O)[O-])ccc1C#CSI. The zero-order chi connectivity index (χ0) is 10.6. The van der Waals surface area contributed by atoms with Crippen LogP contribution < -0.4 is 0 Å². The number of hydrogen-bond acceptors (Lipinski definition) is 3. The quantitative estimate of drug-likeness (QED) is 0.345. The first-order valence-electron chi connectivity index (χ1n) is 3.69. The third-order valence-electron chi connectivity index (χ3n) is 1.65. The molecule has 0 spiro atoms. The Hall–Kier alpha value is -0.740. The fraction of sp³-hybridized carbons (Fsp3) is 0.111. The number of hydrogen-bond donors (Lipinski definition) is 0. The van der Waals surface area contributed by atoms with Gasteiger partial charge in [-0.3, -0.25) is 10.1 Å². The predicted octanol–water partition coefficient (Wildman–Crippen LogP) is 3.30. The topological polar surface area (TPSA) is 43.1 Å². The first kappa shape index (κ1) is 11.3. The number of halogens is 1. The van der Waals surface area contributed by atoms with Gasteiger partial charge in [0.15, 0.2) is 0 Å². The van der Waals surface area contributed by atoms with E-state index in [0.29, 0.717) is 0 Å². The molecule has 72 valence electrons. The molecule has 3 nitrogen and oxygen atoms in total. The molecule has 1 aromatic rings. The third-order valence-corrected chi connectivity index (χ3v) is 2.48. The third kappa shape index (κ3) is 2.89. The van der Waals surface area contributed by atoms with Gasteiger partial charge in [-0.1, -0.05) is 5.92 Å². The van der Waals surface area contributed by atoms with Crippen LogP contribution >= 0.6 is 30.1 Å². The lowest BCUT2D eigenvalue weighted by Crippen LogP contribution is -1.90. The van der Waals surface area contributed by atoms with Crippen molar-refractivity contribution in [3.05, 3.63) is 39.4 Å². The highest BCUT2D eigenvalue weighted by atomic mass is 127. The summed E-state index contributed by atoms with van der Waals surface area (Å²) in [5, 5.41) is 13.3. The maximum atomic E-state index is 10.4. The van der Waals surface area contributed by atoms with Gasteiger partial charge >= 0.3 is 0 Å². The number of benzene rings is 1. The first-order valence-corrected chi connectivity index (χ1v) is 7.04. The Labute approximate surface area is 98.0 Å². The van der Waals surface area contributed by atoms with E-state index >= 15 is 0 Å². The van der Waals surface area contributed by atoms with Crippen molar-refractivity contribution in [2.45, 2.75) is 6.92 Å². The highest BCUT2D eigenvalue weighted by molar-refractivity contribution is 14.2. The van der Waals surface area contributed by atoms with E-state index in [1.54, 1.807) is 6.07 Å². The fourth-order valence-corrected chi connectivity index (χ4v) is 1.45. The molecule has 0 saturated heterocycles. The van der Waals surface area contributed by atoms with Gasteiger partial charge in [-0.2, -0.15) is 0 Å². The summed E-state index contributed by atoms with van der Waals surface area (Å²) in [5.41, 5.74) is 1.77. The molecule has 0 bridgehead atoms. The number of aryl methyl sites for hydroxylation is 1. The van der Waals surface area contributed by atoms with Crippen LogP contribution in [0.5, 0.6) is 0 Å². The van der Waals surface area contributed by atoms with Crippen molar-refractivity contribution in [2.24, 2.45) is 0 Å². The highest BCUT2D eigenvalue weighted by Gasteiger charge is 2.06. The average Bonchev–Trinajstić information content (AvgIpc) is 2.15. The monoisotopic (exact) mass is 319 g/mol. The van der Waals surface area contributed by atoms with E-state index in [-0.39, 0.29) is 5.69 Å². The van der Waals surface area contributed by atoms with Crippen LogP contribution in [-0.2, 0) is 0 Å². The van der Waals surface area contributed by atoms with Gasteiger partial charge in [-0.15, -0.1) is 0 Å². The largest absolute Gasteiger partial charge is 0.269 e. The minimum atomic E-state index is -0.405. The molecule has 0 atom stereocenters. The molecule has 0 aliphatic carbocycles. The standard InChI is InChI=1S/C9H6INO2S/c1-7-6-9(11(12)13)3-2-8(7)4-5-14-10/h2-3,6H,1H3. The first-order chi connectivity index (χ1) is 6.65. The van der Waals surface area contributed by atoms with Crippen LogP contribution in [0.2, 0.25) is 0 Å². The van der Waals surface area contributed by atoms with E-state index in [4.69, 9.17) is 0 Å². The van der Waals surface area contributed by atoms with Gasteiger partial charge in [0.2, 0.25) is 0 Å². The molecule has 0 unspecified atom stereocenters. The maximum absolute atomic E-state index is 10.4. The second kappa shape index (κ2) is 5.22. The molecule has 0 aliphatic heterocycles. The lowest BCUT2D eigenvalue weighted by Gasteiger charge is -1.96. The summed E-state index contributed by atoms with van der Waals surface area (Å²) in [7, 11) is 1.39. The van der Waals surface area contributed by atoms with Gasteiger partial charge in [-0.25, -0.2) is 0 Å². The van der Waals surface area contributed by atoms with E-state index in [9.17, 15) is 10.1 Å². The number of nitrogens with zero attached hydrogens (tertiary/aromatic N) is 1. The minimum Gasteiger partial charge on any atom is -0.258 e. The summed E-state index contributed by atoms with van der Waals surface area (Å²) in [5.74, 6) is 2.91. The van der Waals surface area contributed by atoms with Crippen molar-refractivity contribution in [3.8, 4) is 11.2 Å². The number of non-ortho nitro benzene ring substituents is 1. The van der Waals surface area contributed by atoms with Crippen LogP contribution in [-0.4, -0.2) is 4.92 Å². The predicted molar refractivity (Wildman–Crippen MR) is 66.3 cm³/mol. The van der Waals surface area contributed by atoms with Crippen LogP contribution in [0.4, 0.5) is 5.69 Å². The Morgan fingerprint density at radius 1 is 1.57 bits per heavy atom. The Balaban J connectivity index is 3.07. The Bertz CT molecular complexity index is 423. The van der Waals surface area contributed by atoms with Gasteiger partial charge < -0.3 is 0 Å². The van der Waals surface area contributed by atoms with Crippen molar-refractivity contribution < 1.29 is 4.92 Å². The molecule has 5 heteroatoms. The minimum absolute atomic E-state index is 0.107. The van der Waals surface area contributed by atoms with E-state index in [0.717, 1.165) is 11.1 Å². The molecular weight excluding hydrogens is 313 g/mol. The smallest absolute Gasteiger partial charge is 0.258 e. The normalized spacial score (nSPS) is 9.00. The zero-order valence-electron chi connectivity index (χ0n) is 7.28. The molecule has 1 aromatic carbocycles. The summed E-state index contributed by atoms with van der Waals surface area (Å²) in [6.07, 6.45) is 0. The average molecular weight is 319 g/mol. The molecule has 0 heterocycles. The molecule has 0 N–H and O–H groups in total. The molecule has 0 aromatic heterocycles. The lowest BCUT2D eigenvalue weighted by molar-refractivity contribution is -0.384. The molecular formula is C9H6INO2S. The van der Waals surface area contributed by atoms with E-state index in [1.165, 1.54) is 21.1 Å². The van der Waals surface area contributed by atoms with Crippen LogP contribution in [0, 0.1) is 28.2 Å². The lowest BCUT2D eigenvalue weighted by atomic mass is 10.1. The maximum Gasteiger partial charge on any atom is 0.269 e. The van der Waals surface area contributed by atoms with Crippen molar-refractivity contribution in [1.82, 2.24) is 0 Å². The number of nitro groups is 1. The highest BCUT2D eigenvalue weighted by Crippen LogP contribution is 2.17. The van der Waals surface area contributed by atoms with Crippen molar-refractivity contribution in [1.29, 1.82) is 0 Å². The zero-order valence-corrected chi connectivity index (χ0v) is 10.3. The van der Waals surface area contributed by atoms with Crippen molar-refractivity contribution in [3.63, 3.8) is 0 Å². The second-order valence-electron chi connectivity index (χ2n) is 2.56. The van der Waals surface area contributed by atoms with Gasteiger partial charge in [-0.05, 0) is 32.7 Å². The molecule has 14 heavy (non-hydrogen) atoms. The van der Waals surface area contributed by atoms with Gasteiger partial charge in [0.05, 0.1) is 4.92 Å². The van der Waals surface area contributed by atoms with E-state index in [2.05, 4.69) is 32.4 Å². The summed E-state index contributed by atoms with van der Waals surface area (Å²) < 4.78 is 0. The van der Waals surface area contributed by atoms with Crippen LogP contribution in [0.25, 0.3) is 0 Å². The Kier molecular flexibility index (Phi) is 4.22. The molecule has 0 amide bonds. The van der Waals surface area contributed by atoms with Crippen LogP contribution in [0.1, 0.15) is 11.1 Å². The van der Waals surface area contributed by atoms with Gasteiger partial charge in [0.25, 0.3) is 5.69 Å². The van der Waals surface area contributed by atoms with E-state index < -0.39 is 4.92 Å². The summed E-state index contributed by atoms with van der Waals surface area (Å²) in [6.45, 7) is 1.81. The molecule has 0 saturated carbocycles. The van der Waals surface area contributed by atoms with Gasteiger partial charge in [0.1, 0.15) is 0 Å². The molecule has 0 fully saturated rings. The van der Waals surface area contributed by atoms with Crippen LogP contribution in [0.15, 0.2) is 18.2 Å². The van der Waals surface area contributed by atoms with Crippen molar-refractivity contribution >= 4 is 35.8 Å². The molecule has 1 rings (SSSR count). The summed E-state index contributed by atoms with van der Waals surface area (Å²) >= 11 is 2.08. The van der Waals surface area contributed by atoms with Crippen molar-refractivity contribution in [2.75, 3.05) is 0 Å². The van der Waals surface area contributed by atoms with Gasteiger partial charge in [0, 0.05) is 38.9 Å². The summed E-state index contributed by atoms with van der Waals surface area (Å²) in [4.78, 5) is 10.0. The van der Waals surface area contributed by atoms with E-state index in [1.807, 2.05) is 6.92 Å². The molecule has 0 radical (unpaired) electrons. The fourth-order valence-electron chi connectivity index (χ4n) is 0.976. The number of rotatable bonds is 1. The molecule has 0 aliphatic rings. The second-order valence-corrected chi connectivity index (χ2v) is 4.24. The Morgan fingerprint density at radius 3 is 2.79 bits per heavy atom.